The highest BCUT2D eigenvalue weighted by atomic mass is 16.2. The molecule has 1 unspecified atom stereocenters. The van der Waals surface area contributed by atoms with Gasteiger partial charge in [0.05, 0.1) is 6.04 Å². The predicted molar refractivity (Wildman–Crippen MR) is 57.8 cm³/mol. The second-order valence-corrected chi connectivity index (χ2v) is 4.80. The highest BCUT2D eigenvalue weighted by molar-refractivity contribution is 5.82. The lowest BCUT2D eigenvalue weighted by Crippen LogP contribution is -2.48. The molecule has 2 N–H and O–H groups in total. The molecule has 1 fully saturated rings. The number of carbonyl (C=O) groups is 1. The van der Waals surface area contributed by atoms with Gasteiger partial charge in [-0.25, -0.2) is 0 Å². The first kappa shape index (κ1) is 11.5. The number of likely N-dealkylation sites (N-methyl/N-ethyl adjacent to an activating group) is 1. The normalized spacial score (nSPS) is 20.7. The molecule has 0 radical (unpaired) electrons. The maximum absolute atomic E-state index is 11.9. The van der Waals surface area contributed by atoms with Crippen molar-refractivity contribution >= 4 is 5.91 Å². The van der Waals surface area contributed by atoms with Crippen LogP contribution in [0, 0.1) is 11.8 Å². The molecule has 82 valence electrons. The van der Waals surface area contributed by atoms with Gasteiger partial charge in [-0.1, -0.05) is 13.8 Å². The first-order valence-electron chi connectivity index (χ1n) is 5.47. The monoisotopic (exact) mass is 198 g/mol. The summed E-state index contributed by atoms with van der Waals surface area (Å²) in [5, 5.41) is 0. The standard InChI is InChI=1S/C11H22N2O/c1-7(2)10(12)11(14)13(4)8(3)9-5-6-9/h7-10H,5-6,12H2,1-4H3/t8?,10-/m1/s1. The summed E-state index contributed by atoms with van der Waals surface area (Å²) in [6, 6.07) is 0.00787. The topological polar surface area (TPSA) is 46.3 Å². The SMILES string of the molecule is CC(C)[C@@H](N)C(=O)N(C)C(C)C1CC1. The maximum Gasteiger partial charge on any atom is 0.239 e. The van der Waals surface area contributed by atoms with Gasteiger partial charge >= 0.3 is 0 Å². The quantitative estimate of drug-likeness (QED) is 0.738. The lowest BCUT2D eigenvalue weighted by molar-refractivity contribution is -0.134. The summed E-state index contributed by atoms with van der Waals surface area (Å²) in [6.45, 7) is 6.08. The Bertz CT molecular complexity index is 211. The van der Waals surface area contributed by atoms with Crippen LogP contribution in [0.15, 0.2) is 0 Å². The fourth-order valence-corrected chi connectivity index (χ4v) is 1.62. The van der Waals surface area contributed by atoms with Gasteiger partial charge in [0.1, 0.15) is 0 Å². The highest BCUT2D eigenvalue weighted by Gasteiger charge is 2.34. The molecule has 0 heterocycles. The van der Waals surface area contributed by atoms with Gasteiger partial charge in [0.25, 0.3) is 0 Å². The van der Waals surface area contributed by atoms with Gasteiger partial charge in [-0.3, -0.25) is 4.79 Å². The molecule has 1 rings (SSSR count). The maximum atomic E-state index is 11.9. The van der Waals surface area contributed by atoms with E-state index in [0.717, 1.165) is 0 Å². The van der Waals surface area contributed by atoms with Crippen LogP contribution >= 0.6 is 0 Å². The summed E-state index contributed by atoms with van der Waals surface area (Å²) in [5.41, 5.74) is 5.83. The molecule has 0 saturated heterocycles. The molecule has 0 spiro atoms. The van der Waals surface area contributed by atoms with Crippen molar-refractivity contribution in [2.45, 2.75) is 45.7 Å². The minimum atomic E-state index is -0.346. The van der Waals surface area contributed by atoms with Crippen LogP contribution in [0.2, 0.25) is 0 Å². The highest BCUT2D eigenvalue weighted by Crippen LogP contribution is 2.34. The summed E-state index contributed by atoms with van der Waals surface area (Å²) >= 11 is 0. The lowest BCUT2D eigenvalue weighted by Gasteiger charge is -2.28. The van der Waals surface area contributed by atoms with E-state index in [1.165, 1.54) is 12.8 Å². The van der Waals surface area contributed by atoms with Crippen molar-refractivity contribution in [3.8, 4) is 0 Å². The Balaban J connectivity index is 2.50. The van der Waals surface area contributed by atoms with Gasteiger partial charge < -0.3 is 10.6 Å². The van der Waals surface area contributed by atoms with E-state index >= 15 is 0 Å². The first-order valence-corrected chi connectivity index (χ1v) is 5.47. The van der Waals surface area contributed by atoms with Crippen molar-refractivity contribution in [1.82, 2.24) is 4.90 Å². The van der Waals surface area contributed by atoms with E-state index in [-0.39, 0.29) is 17.9 Å². The minimum absolute atomic E-state index is 0.0828. The number of rotatable bonds is 4. The van der Waals surface area contributed by atoms with Crippen LogP contribution in [0.4, 0.5) is 0 Å². The van der Waals surface area contributed by atoms with Crippen molar-refractivity contribution in [3.05, 3.63) is 0 Å². The van der Waals surface area contributed by atoms with Crippen LogP contribution in [-0.2, 0) is 4.79 Å². The van der Waals surface area contributed by atoms with Gasteiger partial charge in [-0.15, -0.1) is 0 Å². The Hall–Kier alpha value is -0.570. The smallest absolute Gasteiger partial charge is 0.239 e. The molecular formula is C11H22N2O. The van der Waals surface area contributed by atoms with Crippen LogP contribution in [-0.4, -0.2) is 29.9 Å². The Morgan fingerprint density at radius 2 is 1.86 bits per heavy atom. The average Bonchev–Trinajstić information content (AvgIpc) is 2.96. The molecule has 14 heavy (non-hydrogen) atoms. The summed E-state index contributed by atoms with van der Waals surface area (Å²) in [5.74, 6) is 1.01. The molecular weight excluding hydrogens is 176 g/mol. The number of nitrogens with two attached hydrogens (primary N) is 1. The molecule has 0 aromatic heterocycles. The van der Waals surface area contributed by atoms with Gasteiger partial charge in [-0.05, 0) is 31.6 Å². The fourth-order valence-electron chi connectivity index (χ4n) is 1.62. The third kappa shape index (κ3) is 2.47. The third-order valence-electron chi connectivity index (χ3n) is 3.27. The van der Waals surface area contributed by atoms with Crippen molar-refractivity contribution in [2.24, 2.45) is 17.6 Å². The molecule has 3 nitrogen and oxygen atoms in total. The fraction of sp³-hybridized carbons (Fsp3) is 0.909. The second-order valence-electron chi connectivity index (χ2n) is 4.80. The van der Waals surface area contributed by atoms with Gasteiger partial charge in [0.15, 0.2) is 0 Å². The molecule has 1 saturated carbocycles. The Morgan fingerprint density at radius 3 is 2.21 bits per heavy atom. The van der Waals surface area contributed by atoms with Crippen LogP contribution in [0.3, 0.4) is 0 Å². The van der Waals surface area contributed by atoms with E-state index in [9.17, 15) is 4.79 Å². The van der Waals surface area contributed by atoms with Gasteiger partial charge in [0, 0.05) is 13.1 Å². The van der Waals surface area contributed by atoms with E-state index in [4.69, 9.17) is 5.73 Å². The number of hydrogen-bond donors (Lipinski definition) is 1. The predicted octanol–water partition coefficient (Wildman–Crippen LogP) is 1.23. The van der Waals surface area contributed by atoms with Crippen molar-refractivity contribution in [3.63, 3.8) is 0 Å². The van der Waals surface area contributed by atoms with E-state index in [0.29, 0.717) is 12.0 Å². The van der Waals surface area contributed by atoms with Crippen LogP contribution < -0.4 is 5.73 Å². The molecule has 2 atom stereocenters. The molecule has 1 aliphatic carbocycles. The second kappa shape index (κ2) is 4.30. The van der Waals surface area contributed by atoms with E-state index in [1.807, 2.05) is 25.8 Å². The molecule has 1 amide bonds. The van der Waals surface area contributed by atoms with Crippen LogP contribution in [0.25, 0.3) is 0 Å². The largest absolute Gasteiger partial charge is 0.341 e. The van der Waals surface area contributed by atoms with E-state index < -0.39 is 0 Å². The summed E-state index contributed by atoms with van der Waals surface area (Å²) < 4.78 is 0. The molecule has 0 aromatic rings. The summed E-state index contributed by atoms with van der Waals surface area (Å²) in [6.07, 6.45) is 2.52. The lowest BCUT2D eigenvalue weighted by atomic mass is 10.0. The zero-order chi connectivity index (χ0) is 10.9. The van der Waals surface area contributed by atoms with E-state index in [2.05, 4.69) is 6.92 Å². The zero-order valence-corrected chi connectivity index (χ0v) is 9.66. The minimum Gasteiger partial charge on any atom is -0.341 e. The Morgan fingerprint density at radius 1 is 1.36 bits per heavy atom. The molecule has 3 heteroatoms. The van der Waals surface area contributed by atoms with Crippen molar-refractivity contribution in [2.75, 3.05) is 7.05 Å². The number of nitrogens with zero attached hydrogens (tertiary/aromatic N) is 1. The van der Waals surface area contributed by atoms with Crippen LogP contribution in [0.1, 0.15) is 33.6 Å². The Labute approximate surface area is 86.6 Å². The summed E-state index contributed by atoms with van der Waals surface area (Å²) in [4.78, 5) is 13.7. The van der Waals surface area contributed by atoms with Crippen LogP contribution in [0.5, 0.6) is 0 Å². The van der Waals surface area contributed by atoms with Gasteiger partial charge in [0.2, 0.25) is 5.91 Å². The van der Waals surface area contributed by atoms with Crippen molar-refractivity contribution in [1.29, 1.82) is 0 Å². The van der Waals surface area contributed by atoms with E-state index in [1.54, 1.807) is 0 Å². The van der Waals surface area contributed by atoms with Gasteiger partial charge in [-0.2, -0.15) is 0 Å². The number of hydrogen-bond acceptors (Lipinski definition) is 2. The number of amides is 1. The number of carbonyl (C=O) groups excluding carboxylic acids is 1. The van der Waals surface area contributed by atoms with Crippen molar-refractivity contribution < 1.29 is 4.79 Å². The summed E-state index contributed by atoms with van der Waals surface area (Å²) in [7, 11) is 1.87. The zero-order valence-electron chi connectivity index (χ0n) is 9.66. The molecule has 0 aromatic carbocycles. The third-order valence-corrected chi connectivity index (χ3v) is 3.27. The molecule has 0 aliphatic heterocycles. The first-order chi connectivity index (χ1) is 6.45. The molecule has 0 bridgehead atoms. The Kier molecular flexibility index (Phi) is 3.53. The average molecular weight is 198 g/mol. The molecule has 1 aliphatic rings.